The van der Waals surface area contributed by atoms with Gasteiger partial charge in [0.05, 0.1) is 6.10 Å². The van der Waals surface area contributed by atoms with Crippen molar-refractivity contribution < 1.29 is 23.0 Å². The summed E-state index contributed by atoms with van der Waals surface area (Å²) in [6.07, 6.45) is -0.318. The zero-order valence-electron chi connectivity index (χ0n) is 16.5. The van der Waals surface area contributed by atoms with Crippen molar-refractivity contribution in [3.05, 3.63) is 29.8 Å². The van der Waals surface area contributed by atoms with Crippen molar-refractivity contribution in [2.24, 2.45) is 5.92 Å². The second-order valence-corrected chi connectivity index (χ2v) is 7.78. The molecule has 4 atom stereocenters. The highest BCUT2D eigenvalue weighted by Crippen LogP contribution is 2.38. The molecule has 1 heterocycles. The molecule has 0 bridgehead atoms. The number of likely N-dealkylation sites (tertiary alicyclic amines) is 1. The predicted molar refractivity (Wildman–Crippen MR) is 112 cm³/mol. The molecule has 4 nitrogen and oxygen atoms in total. The Morgan fingerprint density at radius 3 is 2.55 bits per heavy atom. The molecule has 1 aromatic rings. The van der Waals surface area contributed by atoms with Gasteiger partial charge in [-0.3, -0.25) is 0 Å². The number of ether oxygens (including phenoxy) is 1. The molecule has 1 saturated heterocycles. The van der Waals surface area contributed by atoms with E-state index in [0.29, 0.717) is 6.04 Å². The molecule has 9 heteroatoms. The summed E-state index contributed by atoms with van der Waals surface area (Å²) in [4.78, 5) is 2.35. The average molecular weight is 459 g/mol. The van der Waals surface area contributed by atoms with Crippen molar-refractivity contribution in [1.82, 2.24) is 10.2 Å². The number of aliphatic hydroxyl groups is 1. The van der Waals surface area contributed by atoms with Gasteiger partial charge in [-0.1, -0.05) is 25.0 Å². The normalized spacial score (nSPS) is 26.3. The van der Waals surface area contributed by atoms with Crippen molar-refractivity contribution in [1.29, 1.82) is 0 Å². The average Bonchev–Trinajstić information content (AvgIpc) is 3.07. The number of benzene rings is 1. The fourth-order valence-corrected chi connectivity index (χ4v) is 4.55. The standard InChI is InChI=1S/C20H29F3N2O2.2ClH/c1-24-15-9-10-25(12-15)13-18(17-7-2-3-8-19(17)26)14-5-4-6-16(11-14)27-20(21,22)23;;/h4-6,11,15,17-19,24,26H,2-3,7-10,12-13H2,1H3;2*1H/t15-,17?,18?,19?;;/m0../s1. The molecule has 168 valence electrons. The van der Waals surface area contributed by atoms with E-state index in [1.165, 1.54) is 12.1 Å². The van der Waals surface area contributed by atoms with Crippen LogP contribution in [0, 0.1) is 5.92 Å². The van der Waals surface area contributed by atoms with Crippen molar-refractivity contribution in [2.75, 3.05) is 26.7 Å². The van der Waals surface area contributed by atoms with Crippen LogP contribution in [-0.2, 0) is 0 Å². The van der Waals surface area contributed by atoms with Gasteiger partial charge in [0.2, 0.25) is 0 Å². The van der Waals surface area contributed by atoms with E-state index in [1.807, 2.05) is 13.1 Å². The van der Waals surface area contributed by atoms with Crippen molar-refractivity contribution >= 4 is 24.8 Å². The molecule has 1 aromatic carbocycles. The van der Waals surface area contributed by atoms with Gasteiger partial charge in [-0.15, -0.1) is 38.0 Å². The Morgan fingerprint density at radius 1 is 1.21 bits per heavy atom. The van der Waals surface area contributed by atoms with Gasteiger partial charge in [0, 0.05) is 25.0 Å². The molecule has 1 saturated carbocycles. The number of likely N-dealkylation sites (N-methyl/N-ethyl adjacent to an activating group) is 1. The summed E-state index contributed by atoms with van der Waals surface area (Å²) in [5, 5.41) is 13.9. The van der Waals surface area contributed by atoms with Crippen molar-refractivity contribution in [3.63, 3.8) is 0 Å². The first-order valence-electron chi connectivity index (χ1n) is 9.79. The van der Waals surface area contributed by atoms with Gasteiger partial charge in [0.1, 0.15) is 5.75 Å². The van der Waals surface area contributed by atoms with Crippen LogP contribution < -0.4 is 10.1 Å². The molecule has 3 rings (SSSR count). The number of nitrogens with zero attached hydrogens (tertiary/aromatic N) is 1. The second-order valence-electron chi connectivity index (χ2n) is 7.78. The van der Waals surface area contributed by atoms with Crippen LogP contribution in [0.3, 0.4) is 0 Å². The van der Waals surface area contributed by atoms with E-state index >= 15 is 0 Å². The van der Waals surface area contributed by atoms with Crippen LogP contribution in [0.1, 0.15) is 43.6 Å². The summed E-state index contributed by atoms with van der Waals surface area (Å²) in [6, 6.07) is 6.74. The van der Waals surface area contributed by atoms with E-state index in [1.54, 1.807) is 6.07 Å². The minimum atomic E-state index is -4.70. The van der Waals surface area contributed by atoms with Crippen LogP contribution in [-0.4, -0.2) is 55.2 Å². The van der Waals surface area contributed by atoms with Gasteiger partial charge < -0.3 is 20.1 Å². The van der Waals surface area contributed by atoms with E-state index in [0.717, 1.165) is 57.3 Å². The Balaban J connectivity index is 0.00000210. The molecule has 1 aliphatic carbocycles. The SMILES string of the molecule is CN[C@H]1CCN(CC(c2cccc(OC(F)(F)F)c2)C2CCCCC2O)C1.Cl.Cl. The minimum absolute atomic E-state index is 0. The molecule has 2 fully saturated rings. The molecule has 0 spiro atoms. The first-order chi connectivity index (χ1) is 12.9. The second kappa shape index (κ2) is 11.6. The van der Waals surface area contributed by atoms with Gasteiger partial charge in [-0.2, -0.15) is 0 Å². The molecular formula is C20H31Cl2F3N2O2. The van der Waals surface area contributed by atoms with Crippen LogP contribution in [0.15, 0.2) is 24.3 Å². The summed E-state index contributed by atoms with van der Waals surface area (Å²) >= 11 is 0. The smallest absolute Gasteiger partial charge is 0.406 e. The van der Waals surface area contributed by atoms with Crippen LogP contribution in [0.25, 0.3) is 0 Å². The van der Waals surface area contributed by atoms with Crippen LogP contribution in [0.2, 0.25) is 0 Å². The molecule has 2 aliphatic rings. The lowest BCUT2D eigenvalue weighted by Crippen LogP contribution is -2.38. The summed E-state index contributed by atoms with van der Waals surface area (Å²) in [5.41, 5.74) is 0.815. The molecule has 0 radical (unpaired) electrons. The summed E-state index contributed by atoms with van der Waals surface area (Å²) in [5.74, 6) is -0.133. The Morgan fingerprint density at radius 2 is 1.93 bits per heavy atom. The number of hydrogen-bond donors (Lipinski definition) is 2. The molecule has 1 aliphatic heterocycles. The van der Waals surface area contributed by atoms with Gasteiger partial charge in [0.25, 0.3) is 0 Å². The lowest BCUT2D eigenvalue weighted by molar-refractivity contribution is -0.274. The fourth-order valence-electron chi connectivity index (χ4n) is 4.55. The third kappa shape index (κ3) is 7.47. The van der Waals surface area contributed by atoms with E-state index in [-0.39, 0.29) is 42.4 Å². The predicted octanol–water partition coefficient (Wildman–Crippen LogP) is 4.36. The minimum Gasteiger partial charge on any atom is -0.406 e. The van der Waals surface area contributed by atoms with Crippen LogP contribution >= 0.6 is 24.8 Å². The maximum absolute atomic E-state index is 12.6. The summed E-state index contributed by atoms with van der Waals surface area (Å²) in [6.45, 7) is 2.63. The van der Waals surface area contributed by atoms with E-state index < -0.39 is 12.5 Å². The number of rotatable bonds is 6. The first-order valence-corrected chi connectivity index (χ1v) is 9.79. The maximum atomic E-state index is 12.6. The Kier molecular flexibility index (Phi) is 10.5. The Hall–Kier alpha value is -0.730. The highest BCUT2D eigenvalue weighted by molar-refractivity contribution is 5.85. The summed E-state index contributed by atoms with van der Waals surface area (Å²) in [7, 11) is 1.95. The van der Waals surface area contributed by atoms with Crippen molar-refractivity contribution in [3.8, 4) is 5.75 Å². The molecule has 0 aromatic heterocycles. The van der Waals surface area contributed by atoms with E-state index in [9.17, 15) is 18.3 Å². The molecule has 29 heavy (non-hydrogen) atoms. The summed E-state index contributed by atoms with van der Waals surface area (Å²) < 4.78 is 42.0. The largest absolute Gasteiger partial charge is 0.573 e. The molecule has 2 N–H and O–H groups in total. The number of hydrogen-bond acceptors (Lipinski definition) is 4. The highest BCUT2D eigenvalue weighted by Gasteiger charge is 2.35. The lowest BCUT2D eigenvalue weighted by Gasteiger charge is -2.37. The monoisotopic (exact) mass is 458 g/mol. The lowest BCUT2D eigenvalue weighted by atomic mass is 9.74. The van der Waals surface area contributed by atoms with E-state index in [4.69, 9.17) is 0 Å². The number of halogens is 5. The third-order valence-electron chi connectivity index (χ3n) is 5.95. The highest BCUT2D eigenvalue weighted by atomic mass is 35.5. The fraction of sp³-hybridized carbons (Fsp3) is 0.700. The zero-order valence-corrected chi connectivity index (χ0v) is 18.2. The third-order valence-corrected chi connectivity index (χ3v) is 5.95. The number of alkyl halides is 3. The van der Waals surface area contributed by atoms with Gasteiger partial charge >= 0.3 is 6.36 Å². The number of aliphatic hydroxyl groups excluding tert-OH is 1. The molecule has 3 unspecified atom stereocenters. The maximum Gasteiger partial charge on any atom is 0.573 e. The van der Waals surface area contributed by atoms with Gasteiger partial charge in [-0.05, 0) is 56.5 Å². The molecular weight excluding hydrogens is 428 g/mol. The first kappa shape index (κ1) is 26.3. The Labute approximate surface area is 183 Å². The van der Waals surface area contributed by atoms with Crippen molar-refractivity contribution in [2.45, 2.75) is 56.5 Å². The number of nitrogens with one attached hydrogen (secondary N) is 1. The molecule has 0 amide bonds. The Bertz CT molecular complexity index is 622. The van der Waals surface area contributed by atoms with Gasteiger partial charge in [-0.25, -0.2) is 0 Å². The van der Waals surface area contributed by atoms with E-state index in [2.05, 4.69) is 15.0 Å². The van der Waals surface area contributed by atoms with Crippen LogP contribution in [0.5, 0.6) is 5.75 Å². The zero-order chi connectivity index (χ0) is 19.4. The van der Waals surface area contributed by atoms with Gasteiger partial charge in [0.15, 0.2) is 0 Å². The van der Waals surface area contributed by atoms with Crippen LogP contribution in [0.4, 0.5) is 13.2 Å². The topological polar surface area (TPSA) is 44.7 Å². The quantitative estimate of drug-likeness (QED) is 0.664.